The predicted molar refractivity (Wildman–Crippen MR) is 189 cm³/mol. The first-order valence-electron chi connectivity index (χ1n) is 17.4. The van der Waals surface area contributed by atoms with Crippen molar-refractivity contribution in [2.75, 3.05) is 26.2 Å². The van der Waals surface area contributed by atoms with Crippen LogP contribution in [0, 0.1) is 35.5 Å². The Labute approximate surface area is 320 Å². The molecule has 2 aromatic carbocycles. The second-order valence-electron chi connectivity index (χ2n) is 14.1. The second kappa shape index (κ2) is 21.0. The molecular weight excluding hydrogens is 653 g/mol. The number of aliphatic carboxylic acids is 2. The fourth-order valence-electron chi connectivity index (χ4n) is 8.19. The molecule has 0 unspecified atom stereocenters. The molecule has 11 heteroatoms. The van der Waals surface area contributed by atoms with Gasteiger partial charge in [0.2, 0.25) is 11.8 Å². The predicted octanol–water partition coefficient (Wildman–Crippen LogP) is 3.91. The summed E-state index contributed by atoms with van der Waals surface area (Å²) in [6.07, 6.45) is 11.1. The van der Waals surface area contributed by atoms with Crippen LogP contribution < -0.4 is 0 Å². The van der Waals surface area contributed by atoms with Crippen LogP contribution in [0.4, 0.5) is 0 Å². The van der Waals surface area contributed by atoms with Crippen LogP contribution in [0.3, 0.4) is 0 Å². The number of likely N-dealkylation sites (tertiary alicyclic amines) is 2. The van der Waals surface area contributed by atoms with Crippen molar-refractivity contribution in [2.24, 2.45) is 35.5 Å². The third-order valence-electron chi connectivity index (χ3n) is 10.8. The molecule has 0 bridgehead atoms. The van der Waals surface area contributed by atoms with Crippen molar-refractivity contribution in [1.82, 2.24) is 9.80 Å². The molecule has 0 spiro atoms. The van der Waals surface area contributed by atoms with Gasteiger partial charge in [0.15, 0.2) is 0 Å². The van der Waals surface area contributed by atoms with E-state index in [4.69, 9.17) is 0 Å². The van der Waals surface area contributed by atoms with E-state index < -0.39 is 23.8 Å². The van der Waals surface area contributed by atoms with Gasteiger partial charge in [-0.2, -0.15) is 0 Å². The molecule has 2 amide bonds. The first-order valence-corrected chi connectivity index (χ1v) is 17.4. The molecule has 4 fully saturated rings. The molecule has 6 N–H and O–H groups in total. The van der Waals surface area contributed by atoms with E-state index in [1.807, 2.05) is 70.5 Å². The minimum absolute atomic E-state index is 0. The standard InChI is InChI=1S/2C19H25NO3.Ca.2H2O/c2*21-18(20-12-15-8-4-5-9-16(15)13-20)11-17(19(22)23)10-14-6-2-1-3-7-14;;;/h2*1-3,6-7,15-17H,4-5,8-13H2,(H,22,23);;2*1H2/t2*15-,16+,17-;;;/m00.../s1. The fourth-order valence-corrected chi connectivity index (χ4v) is 8.19. The van der Waals surface area contributed by atoms with Crippen LogP contribution in [0.25, 0.3) is 0 Å². The number of nitrogens with zero attached hydrogens (tertiary/aromatic N) is 2. The Morgan fingerprint density at radius 1 is 0.551 bits per heavy atom. The van der Waals surface area contributed by atoms with E-state index in [0.717, 1.165) is 37.3 Å². The van der Waals surface area contributed by atoms with Crippen molar-refractivity contribution < 1.29 is 40.3 Å². The number of hydrogen-bond donors (Lipinski definition) is 2. The zero-order valence-electron chi connectivity index (χ0n) is 28.7. The van der Waals surface area contributed by atoms with Gasteiger partial charge in [-0.1, -0.05) is 86.3 Å². The Hall–Kier alpha value is -2.50. The van der Waals surface area contributed by atoms with Gasteiger partial charge in [0.1, 0.15) is 0 Å². The topological polar surface area (TPSA) is 178 Å². The van der Waals surface area contributed by atoms with Crippen LogP contribution in [0.1, 0.15) is 75.3 Å². The SMILES string of the molecule is O.O.O=C(O)[C@H](CC(=O)N1C[C@H]2CCCC[C@H]2C1)Cc1ccccc1.O=C(O)[C@H](CC(=O)N1C[C@H]2CCCC[C@H]2C1)Cc1ccccc1.[Ca]. The van der Waals surface area contributed by atoms with Gasteiger partial charge in [-0.3, -0.25) is 19.2 Å². The summed E-state index contributed by atoms with van der Waals surface area (Å²) >= 11 is 0. The summed E-state index contributed by atoms with van der Waals surface area (Å²) < 4.78 is 0. The van der Waals surface area contributed by atoms with Crippen molar-refractivity contribution in [3.05, 3.63) is 71.8 Å². The molecule has 4 aliphatic rings. The van der Waals surface area contributed by atoms with Crippen molar-refractivity contribution in [1.29, 1.82) is 0 Å². The van der Waals surface area contributed by atoms with Crippen LogP contribution in [-0.2, 0) is 32.0 Å². The molecular formula is C38H54CaN2O8. The summed E-state index contributed by atoms with van der Waals surface area (Å²) in [7, 11) is 0. The molecule has 6 atom stereocenters. The van der Waals surface area contributed by atoms with Crippen LogP contribution in [0.2, 0.25) is 0 Å². The van der Waals surface area contributed by atoms with E-state index in [2.05, 4.69) is 0 Å². The zero-order valence-corrected chi connectivity index (χ0v) is 30.9. The number of carboxylic acids is 2. The smallest absolute Gasteiger partial charge is 0.307 e. The molecule has 0 aromatic heterocycles. The Balaban J connectivity index is 0.000000321. The van der Waals surface area contributed by atoms with Crippen molar-refractivity contribution >= 4 is 61.5 Å². The molecule has 10 nitrogen and oxygen atoms in total. The normalized spacial score (nSPS) is 23.4. The first-order chi connectivity index (χ1) is 22.3. The van der Waals surface area contributed by atoms with Crippen molar-refractivity contribution in [3.63, 3.8) is 0 Å². The van der Waals surface area contributed by atoms with Gasteiger partial charge >= 0.3 is 11.9 Å². The Morgan fingerprint density at radius 3 is 1.10 bits per heavy atom. The molecule has 6 rings (SSSR count). The van der Waals surface area contributed by atoms with Gasteiger partial charge in [0.05, 0.1) is 11.8 Å². The quantitative estimate of drug-likeness (QED) is 0.354. The van der Waals surface area contributed by atoms with E-state index in [9.17, 15) is 29.4 Å². The molecule has 2 aromatic rings. The van der Waals surface area contributed by atoms with Crippen LogP contribution in [-0.4, -0.2) is 119 Å². The molecule has 2 aliphatic carbocycles. The maximum atomic E-state index is 12.6. The number of carbonyl (C=O) groups excluding carboxylic acids is 2. The Kier molecular flexibility index (Phi) is 18.3. The number of carboxylic acid groups (broad SMARTS) is 2. The van der Waals surface area contributed by atoms with Crippen molar-refractivity contribution in [3.8, 4) is 0 Å². The van der Waals surface area contributed by atoms with Gasteiger partial charge in [0, 0.05) is 76.8 Å². The summed E-state index contributed by atoms with van der Waals surface area (Å²) in [5.74, 6) is -0.409. The van der Waals surface area contributed by atoms with Gasteiger partial charge in [0.25, 0.3) is 0 Å². The number of benzene rings is 2. The number of carbonyl (C=O) groups is 4. The van der Waals surface area contributed by atoms with Gasteiger partial charge < -0.3 is 31.0 Å². The second-order valence-corrected chi connectivity index (χ2v) is 14.1. The van der Waals surface area contributed by atoms with Gasteiger partial charge in [-0.25, -0.2) is 0 Å². The molecule has 2 aliphatic heterocycles. The maximum Gasteiger partial charge on any atom is 0.307 e. The summed E-state index contributed by atoms with van der Waals surface area (Å²) in [6.45, 7) is 3.34. The maximum absolute atomic E-state index is 12.6. The first kappa shape index (κ1) is 42.7. The van der Waals surface area contributed by atoms with Gasteiger partial charge in [-0.05, 0) is 73.3 Å². The third-order valence-corrected chi connectivity index (χ3v) is 10.8. The summed E-state index contributed by atoms with van der Waals surface area (Å²) in [5.41, 5.74) is 1.95. The van der Waals surface area contributed by atoms with E-state index in [-0.39, 0.29) is 73.3 Å². The molecule has 266 valence electrons. The fraction of sp³-hybridized carbons (Fsp3) is 0.579. The largest absolute Gasteiger partial charge is 0.481 e. The Bertz CT molecular complexity index is 1200. The summed E-state index contributed by atoms with van der Waals surface area (Å²) in [6, 6.07) is 19.1. The molecule has 49 heavy (non-hydrogen) atoms. The molecule has 2 radical (unpaired) electrons. The minimum atomic E-state index is -0.876. The van der Waals surface area contributed by atoms with E-state index in [1.54, 1.807) is 0 Å². The van der Waals surface area contributed by atoms with E-state index >= 15 is 0 Å². The zero-order chi connectivity index (χ0) is 32.5. The van der Waals surface area contributed by atoms with Crippen LogP contribution >= 0.6 is 0 Å². The summed E-state index contributed by atoms with van der Waals surface area (Å²) in [4.78, 5) is 52.0. The number of amides is 2. The Morgan fingerprint density at radius 2 is 0.837 bits per heavy atom. The van der Waals surface area contributed by atoms with E-state index in [1.165, 1.54) is 51.4 Å². The molecule has 2 heterocycles. The molecule has 2 saturated carbocycles. The van der Waals surface area contributed by atoms with Crippen LogP contribution in [0.15, 0.2) is 60.7 Å². The molecule has 2 saturated heterocycles. The average molecular weight is 707 g/mol. The third kappa shape index (κ3) is 12.3. The number of hydrogen-bond acceptors (Lipinski definition) is 4. The van der Waals surface area contributed by atoms with Crippen molar-refractivity contribution in [2.45, 2.75) is 77.0 Å². The average Bonchev–Trinajstić information content (AvgIpc) is 3.70. The van der Waals surface area contributed by atoms with Crippen LogP contribution in [0.5, 0.6) is 0 Å². The van der Waals surface area contributed by atoms with E-state index in [0.29, 0.717) is 36.5 Å². The van der Waals surface area contributed by atoms with Gasteiger partial charge in [-0.15, -0.1) is 0 Å². The summed E-state index contributed by atoms with van der Waals surface area (Å²) in [5, 5.41) is 18.9. The number of rotatable bonds is 10. The monoisotopic (exact) mass is 706 g/mol. The minimum Gasteiger partial charge on any atom is -0.481 e. The number of fused-ring (bicyclic) bond motifs is 2.